The molecule has 100 valence electrons. The molecule has 0 heterocycles. The molecule has 18 heavy (non-hydrogen) atoms. The van der Waals surface area contributed by atoms with Gasteiger partial charge in [0.25, 0.3) is 5.69 Å². The van der Waals surface area contributed by atoms with Gasteiger partial charge in [-0.2, -0.15) is 8.42 Å². The monoisotopic (exact) mass is 281 g/mol. The van der Waals surface area contributed by atoms with E-state index < -0.39 is 45.1 Å². The number of halogens is 2. The second-order valence-corrected chi connectivity index (χ2v) is 4.80. The first-order valence-electron chi connectivity index (χ1n) is 4.71. The molecule has 0 saturated carbocycles. The van der Waals surface area contributed by atoms with Crippen molar-refractivity contribution in [2.24, 2.45) is 0 Å². The van der Waals surface area contributed by atoms with Crippen molar-refractivity contribution in [2.45, 2.75) is 11.1 Å². The van der Waals surface area contributed by atoms with Crippen molar-refractivity contribution in [3.8, 4) is 0 Å². The van der Waals surface area contributed by atoms with Gasteiger partial charge in [-0.3, -0.25) is 14.3 Å². The highest BCUT2D eigenvalue weighted by Crippen LogP contribution is 2.24. The number of nitro benzene ring substituents is 1. The molecule has 0 aliphatic heterocycles. The van der Waals surface area contributed by atoms with Crippen molar-refractivity contribution in [1.82, 2.24) is 0 Å². The maximum Gasteiger partial charge on any atom is 0.303 e. The van der Waals surface area contributed by atoms with E-state index in [1.165, 1.54) is 12.1 Å². The van der Waals surface area contributed by atoms with E-state index in [0.29, 0.717) is 0 Å². The van der Waals surface area contributed by atoms with Gasteiger partial charge < -0.3 is 0 Å². The molecule has 1 rings (SSSR count). The summed E-state index contributed by atoms with van der Waals surface area (Å²) in [6, 6.07) is 4.45. The van der Waals surface area contributed by atoms with E-state index in [0.717, 1.165) is 12.1 Å². The van der Waals surface area contributed by atoms with E-state index >= 15 is 0 Å². The molecule has 0 spiro atoms. The van der Waals surface area contributed by atoms with Gasteiger partial charge in [-0.25, -0.2) is 8.78 Å². The van der Waals surface area contributed by atoms with Crippen LogP contribution in [0.1, 0.15) is 0 Å². The van der Waals surface area contributed by atoms with Crippen LogP contribution in [0.5, 0.6) is 0 Å². The van der Waals surface area contributed by atoms with Gasteiger partial charge in [0.1, 0.15) is 13.3 Å². The van der Waals surface area contributed by atoms with Crippen molar-refractivity contribution in [3.05, 3.63) is 34.4 Å². The molecule has 9 heteroatoms. The smallest absolute Gasteiger partial charge is 0.263 e. The molecular weight excluding hydrogens is 272 g/mol. The maximum absolute atomic E-state index is 12.5. The molecule has 0 N–H and O–H groups in total. The van der Waals surface area contributed by atoms with Gasteiger partial charge in [-0.15, -0.1) is 0 Å². The standard InChI is InChI=1S/C9H9F2NO5S/c10-5-7(11)6-17-18(15,16)9-4-2-1-3-8(9)12(13)14/h1-4,7H,5-6H2. The summed E-state index contributed by atoms with van der Waals surface area (Å²) in [6.07, 6.45) is -2.09. The summed E-state index contributed by atoms with van der Waals surface area (Å²) >= 11 is 0. The topological polar surface area (TPSA) is 86.5 Å². The molecule has 1 unspecified atom stereocenters. The first-order valence-corrected chi connectivity index (χ1v) is 6.12. The summed E-state index contributed by atoms with van der Waals surface area (Å²) in [6.45, 7) is -2.42. The fraction of sp³-hybridized carbons (Fsp3) is 0.333. The zero-order valence-corrected chi connectivity index (χ0v) is 9.77. The van der Waals surface area contributed by atoms with Gasteiger partial charge in [0, 0.05) is 6.07 Å². The average molecular weight is 281 g/mol. The van der Waals surface area contributed by atoms with Crippen molar-refractivity contribution in [3.63, 3.8) is 0 Å². The van der Waals surface area contributed by atoms with Crippen molar-refractivity contribution < 1.29 is 26.3 Å². The van der Waals surface area contributed by atoms with E-state index in [4.69, 9.17) is 0 Å². The quantitative estimate of drug-likeness (QED) is 0.449. The minimum absolute atomic E-state index is 0.687. The Morgan fingerprint density at radius 2 is 2.00 bits per heavy atom. The molecule has 0 fully saturated rings. The number of nitrogens with zero attached hydrogens (tertiary/aromatic N) is 1. The van der Waals surface area contributed by atoms with E-state index in [1.807, 2.05) is 0 Å². The molecule has 0 aliphatic rings. The summed E-state index contributed by atoms with van der Waals surface area (Å²) < 4.78 is 51.7. The van der Waals surface area contributed by atoms with Crippen LogP contribution in [0.15, 0.2) is 29.2 Å². The Hall–Kier alpha value is -1.61. The van der Waals surface area contributed by atoms with E-state index in [2.05, 4.69) is 4.18 Å². The number of hydrogen-bond acceptors (Lipinski definition) is 5. The van der Waals surface area contributed by atoms with Crippen molar-refractivity contribution in [2.75, 3.05) is 13.3 Å². The molecule has 0 bridgehead atoms. The first kappa shape index (κ1) is 14.5. The summed E-state index contributed by atoms with van der Waals surface area (Å²) in [4.78, 5) is 9.02. The normalized spacial score (nSPS) is 13.2. The van der Waals surface area contributed by atoms with E-state index in [9.17, 15) is 27.3 Å². The van der Waals surface area contributed by atoms with Crippen LogP contribution in [0.4, 0.5) is 14.5 Å². The summed E-state index contributed by atoms with van der Waals surface area (Å²) in [5.41, 5.74) is -0.687. The predicted molar refractivity (Wildman–Crippen MR) is 57.1 cm³/mol. The lowest BCUT2D eigenvalue weighted by atomic mass is 10.3. The first-order chi connectivity index (χ1) is 8.38. The fourth-order valence-electron chi connectivity index (χ4n) is 1.09. The molecule has 0 aliphatic carbocycles. The highest BCUT2D eigenvalue weighted by molar-refractivity contribution is 7.87. The molecule has 1 aromatic rings. The van der Waals surface area contributed by atoms with Gasteiger partial charge in [0.2, 0.25) is 0 Å². The van der Waals surface area contributed by atoms with E-state index in [1.54, 1.807) is 0 Å². The molecule has 1 aromatic carbocycles. The lowest BCUT2D eigenvalue weighted by Crippen LogP contribution is -2.17. The fourth-order valence-corrected chi connectivity index (χ4v) is 2.19. The minimum atomic E-state index is -4.49. The summed E-state index contributed by atoms with van der Waals surface area (Å²) in [7, 11) is -4.49. The highest BCUT2D eigenvalue weighted by Gasteiger charge is 2.27. The van der Waals surface area contributed by atoms with Crippen LogP contribution in [0.25, 0.3) is 0 Å². The number of hydrogen-bond donors (Lipinski definition) is 0. The van der Waals surface area contributed by atoms with Crippen LogP contribution in [-0.4, -0.2) is 32.8 Å². The number of nitro groups is 1. The maximum atomic E-state index is 12.5. The molecule has 0 radical (unpaired) electrons. The van der Waals surface area contributed by atoms with Crippen molar-refractivity contribution in [1.29, 1.82) is 0 Å². The van der Waals surface area contributed by atoms with Crippen LogP contribution >= 0.6 is 0 Å². The van der Waals surface area contributed by atoms with Crippen LogP contribution in [0, 0.1) is 10.1 Å². The molecule has 1 atom stereocenters. The third kappa shape index (κ3) is 3.44. The van der Waals surface area contributed by atoms with Crippen LogP contribution in [-0.2, 0) is 14.3 Å². The Kier molecular flexibility index (Phi) is 4.68. The number of rotatable bonds is 6. The molecule has 0 aromatic heterocycles. The Balaban J connectivity index is 3.02. The zero-order chi connectivity index (χ0) is 13.8. The molecule has 6 nitrogen and oxygen atoms in total. The van der Waals surface area contributed by atoms with Gasteiger partial charge >= 0.3 is 10.1 Å². The summed E-state index contributed by atoms with van der Waals surface area (Å²) in [5.74, 6) is 0. The van der Waals surface area contributed by atoms with Crippen molar-refractivity contribution >= 4 is 15.8 Å². The van der Waals surface area contributed by atoms with Gasteiger partial charge in [0.05, 0.1) is 4.92 Å². The second-order valence-electron chi connectivity index (χ2n) is 3.22. The van der Waals surface area contributed by atoms with Gasteiger partial charge in [0.15, 0.2) is 11.1 Å². The van der Waals surface area contributed by atoms with Crippen LogP contribution < -0.4 is 0 Å². The number of para-hydroxylation sites is 1. The highest BCUT2D eigenvalue weighted by atomic mass is 32.2. The Labute approximate surface area is 101 Å². The summed E-state index contributed by atoms with van der Waals surface area (Å²) in [5, 5.41) is 10.6. The third-order valence-corrected chi connectivity index (χ3v) is 3.23. The minimum Gasteiger partial charge on any atom is -0.263 e. The van der Waals surface area contributed by atoms with Crippen LogP contribution in [0.2, 0.25) is 0 Å². The lowest BCUT2D eigenvalue weighted by molar-refractivity contribution is -0.387. The molecular formula is C9H9F2NO5S. The lowest BCUT2D eigenvalue weighted by Gasteiger charge is -2.07. The van der Waals surface area contributed by atoms with Crippen LogP contribution in [0.3, 0.4) is 0 Å². The Bertz CT molecular complexity index is 534. The SMILES string of the molecule is O=[N+]([O-])c1ccccc1S(=O)(=O)OCC(F)CF. The second kappa shape index (κ2) is 5.83. The average Bonchev–Trinajstić information content (AvgIpc) is 2.36. The molecule has 0 amide bonds. The Morgan fingerprint density at radius 3 is 2.56 bits per heavy atom. The predicted octanol–water partition coefficient (Wildman–Crippen LogP) is 1.61. The number of benzene rings is 1. The van der Waals surface area contributed by atoms with Gasteiger partial charge in [-0.05, 0) is 6.07 Å². The Morgan fingerprint density at radius 1 is 1.39 bits per heavy atom. The third-order valence-electron chi connectivity index (χ3n) is 1.90. The zero-order valence-electron chi connectivity index (χ0n) is 8.95. The largest absolute Gasteiger partial charge is 0.303 e. The molecule has 0 saturated heterocycles. The van der Waals surface area contributed by atoms with Gasteiger partial charge in [-0.1, -0.05) is 12.1 Å². The number of alkyl halides is 2. The van der Waals surface area contributed by atoms with E-state index in [-0.39, 0.29) is 0 Å².